The first kappa shape index (κ1) is 21.9. The van der Waals surface area contributed by atoms with E-state index in [1.807, 2.05) is 36.1 Å². The fraction of sp³-hybridized carbons (Fsp3) is 0.391. The molecule has 5 nitrogen and oxygen atoms in total. The smallest absolute Gasteiger partial charge is 0.237 e. The van der Waals surface area contributed by atoms with Crippen molar-refractivity contribution in [1.29, 1.82) is 0 Å². The summed E-state index contributed by atoms with van der Waals surface area (Å²) in [6, 6.07) is 10.1. The van der Waals surface area contributed by atoms with Crippen molar-refractivity contribution in [1.82, 2.24) is 10.2 Å². The van der Waals surface area contributed by atoms with E-state index in [1.165, 1.54) is 0 Å². The highest BCUT2D eigenvalue weighted by molar-refractivity contribution is 5.98. The molecule has 1 saturated heterocycles. The molecule has 1 atom stereocenters. The molecule has 30 heavy (non-hydrogen) atoms. The van der Waals surface area contributed by atoms with Crippen LogP contribution in [0, 0.1) is 17.6 Å². The molecule has 0 aromatic heterocycles. The van der Waals surface area contributed by atoms with Gasteiger partial charge in [0.05, 0.1) is 18.7 Å². The van der Waals surface area contributed by atoms with Crippen LogP contribution in [0.2, 0.25) is 0 Å². The van der Waals surface area contributed by atoms with E-state index in [0.29, 0.717) is 32.5 Å². The van der Waals surface area contributed by atoms with E-state index in [1.54, 1.807) is 7.11 Å². The molecule has 1 aliphatic heterocycles. The lowest BCUT2D eigenvalue weighted by Gasteiger charge is -2.34. The molecule has 0 spiro atoms. The highest BCUT2D eigenvalue weighted by Crippen LogP contribution is 2.25. The van der Waals surface area contributed by atoms with Crippen molar-refractivity contribution >= 4 is 11.7 Å². The topological polar surface area (TPSA) is 58.6 Å². The summed E-state index contributed by atoms with van der Waals surface area (Å²) in [5.41, 5.74) is 0.744. The molecule has 0 aliphatic carbocycles. The predicted molar refractivity (Wildman–Crippen MR) is 109 cm³/mol. The molecular weight excluding hydrogens is 390 g/mol. The molecule has 1 N–H and O–H groups in total. The third-order valence-electron chi connectivity index (χ3n) is 5.62. The van der Waals surface area contributed by atoms with E-state index in [2.05, 4.69) is 5.32 Å². The molecule has 1 aliphatic rings. The average Bonchev–Trinajstić information content (AvgIpc) is 2.78. The van der Waals surface area contributed by atoms with Crippen molar-refractivity contribution in [3.8, 4) is 5.75 Å². The van der Waals surface area contributed by atoms with Crippen molar-refractivity contribution in [2.24, 2.45) is 5.92 Å². The quantitative estimate of drug-likeness (QED) is 0.701. The zero-order chi connectivity index (χ0) is 21.7. The molecule has 7 heteroatoms. The van der Waals surface area contributed by atoms with E-state index >= 15 is 0 Å². The zero-order valence-corrected chi connectivity index (χ0v) is 17.2. The Labute approximate surface area is 175 Å². The number of Topliss-reactive ketones (excluding diaryl/α,β-unsaturated/α-hetero) is 1. The van der Waals surface area contributed by atoms with Crippen molar-refractivity contribution in [2.75, 3.05) is 20.2 Å². The van der Waals surface area contributed by atoms with Crippen LogP contribution in [-0.2, 0) is 11.3 Å². The van der Waals surface area contributed by atoms with Crippen LogP contribution in [0.4, 0.5) is 8.78 Å². The number of piperidine rings is 1. The van der Waals surface area contributed by atoms with Crippen LogP contribution in [-0.4, -0.2) is 42.8 Å². The number of nitrogens with one attached hydrogen (secondary N) is 1. The standard InChI is InChI=1S/C23H26F2N2O3/c1-15(23(29)26-14-16-4-3-5-19(12-16)30-2)27-10-8-17(9-11-27)22(28)20-13-18(24)6-7-21(20)25/h3-7,12-13,15,17H,8-11,14H2,1-2H3,(H,26,29). The molecule has 0 bridgehead atoms. The van der Waals surface area contributed by atoms with E-state index in [0.717, 1.165) is 29.5 Å². The number of hydrogen-bond donors (Lipinski definition) is 1. The second-order valence-electron chi connectivity index (χ2n) is 7.54. The first-order valence-corrected chi connectivity index (χ1v) is 10.0. The van der Waals surface area contributed by atoms with Gasteiger partial charge < -0.3 is 10.1 Å². The van der Waals surface area contributed by atoms with Gasteiger partial charge in [-0.3, -0.25) is 14.5 Å². The maximum absolute atomic E-state index is 13.9. The van der Waals surface area contributed by atoms with Crippen molar-refractivity contribution < 1.29 is 23.1 Å². The fourth-order valence-corrected chi connectivity index (χ4v) is 3.74. The number of ketones is 1. The van der Waals surface area contributed by atoms with Gasteiger partial charge in [-0.15, -0.1) is 0 Å². The first-order chi connectivity index (χ1) is 14.4. The molecular formula is C23H26F2N2O3. The summed E-state index contributed by atoms with van der Waals surface area (Å²) in [4.78, 5) is 27.1. The number of halogens is 2. The SMILES string of the molecule is COc1cccc(CNC(=O)C(C)N2CCC(C(=O)c3cc(F)ccc3F)CC2)c1. The molecule has 160 valence electrons. The zero-order valence-electron chi connectivity index (χ0n) is 17.2. The minimum Gasteiger partial charge on any atom is -0.497 e. The van der Waals surface area contributed by atoms with Gasteiger partial charge in [-0.2, -0.15) is 0 Å². The lowest BCUT2D eigenvalue weighted by Crippen LogP contribution is -2.48. The molecule has 2 aromatic carbocycles. The van der Waals surface area contributed by atoms with Gasteiger partial charge in [-0.1, -0.05) is 12.1 Å². The molecule has 3 rings (SSSR count). The van der Waals surface area contributed by atoms with Gasteiger partial charge in [-0.25, -0.2) is 8.78 Å². The van der Waals surface area contributed by atoms with E-state index in [4.69, 9.17) is 4.74 Å². The summed E-state index contributed by atoms with van der Waals surface area (Å²) >= 11 is 0. The number of carbonyl (C=O) groups excluding carboxylic acids is 2. The number of hydrogen-bond acceptors (Lipinski definition) is 4. The number of methoxy groups -OCH3 is 1. The average molecular weight is 416 g/mol. The van der Waals surface area contributed by atoms with Gasteiger partial charge in [0.15, 0.2) is 5.78 Å². The van der Waals surface area contributed by atoms with Crippen LogP contribution in [0.5, 0.6) is 5.75 Å². The second kappa shape index (κ2) is 9.80. The second-order valence-corrected chi connectivity index (χ2v) is 7.54. The van der Waals surface area contributed by atoms with Gasteiger partial charge in [0.1, 0.15) is 17.4 Å². The predicted octanol–water partition coefficient (Wildman–Crippen LogP) is 3.57. The minimum atomic E-state index is -0.700. The number of nitrogens with zero attached hydrogens (tertiary/aromatic N) is 1. The van der Waals surface area contributed by atoms with Gasteiger partial charge in [0, 0.05) is 12.5 Å². The van der Waals surface area contributed by atoms with Gasteiger partial charge in [0.25, 0.3) is 0 Å². The molecule has 2 aromatic rings. The van der Waals surface area contributed by atoms with Crippen molar-refractivity contribution in [3.63, 3.8) is 0 Å². The number of benzene rings is 2. The lowest BCUT2D eigenvalue weighted by molar-refractivity contribution is -0.126. The number of amides is 1. The number of ether oxygens (including phenoxy) is 1. The van der Waals surface area contributed by atoms with E-state index in [-0.39, 0.29) is 29.2 Å². The number of likely N-dealkylation sites (tertiary alicyclic amines) is 1. The Morgan fingerprint density at radius 2 is 1.90 bits per heavy atom. The summed E-state index contributed by atoms with van der Waals surface area (Å²) in [5.74, 6) is -1.44. The maximum Gasteiger partial charge on any atom is 0.237 e. The summed E-state index contributed by atoms with van der Waals surface area (Å²) in [6.45, 7) is 3.31. The maximum atomic E-state index is 13.9. The Morgan fingerprint density at radius 3 is 2.60 bits per heavy atom. The van der Waals surface area contributed by atoms with Gasteiger partial charge in [0.2, 0.25) is 5.91 Å². The Balaban J connectivity index is 1.51. The Hall–Kier alpha value is -2.80. The third-order valence-corrected chi connectivity index (χ3v) is 5.62. The Bertz CT molecular complexity index is 911. The Morgan fingerprint density at radius 1 is 1.17 bits per heavy atom. The largest absolute Gasteiger partial charge is 0.497 e. The highest BCUT2D eigenvalue weighted by atomic mass is 19.1. The summed E-state index contributed by atoms with van der Waals surface area (Å²) < 4.78 is 32.5. The van der Waals surface area contributed by atoms with E-state index in [9.17, 15) is 18.4 Å². The van der Waals surface area contributed by atoms with Crippen molar-refractivity contribution in [3.05, 3.63) is 65.2 Å². The molecule has 1 amide bonds. The first-order valence-electron chi connectivity index (χ1n) is 10.0. The van der Waals surface area contributed by atoms with Crippen LogP contribution in [0.15, 0.2) is 42.5 Å². The molecule has 1 fully saturated rings. The molecule has 1 heterocycles. The normalized spacial score (nSPS) is 16.1. The highest BCUT2D eigenvalue weighted by Gasteiger charge is 2.31. The summed E-state index contributed by atoms with van der Waals surface area (Å²) in [6.07, 6.45) is 1.00. The van der Waals surface area contributed by atoms with Gasteiger partial charge >= 0.3 is 0 Å². The summed E-state index contributed by atoms with van der Waals surface area (Å²) in [5, 5.41) is 2.93. The van der Waals surface area contributed by atoms with Crippen LogP contribution in [0.1, 0.15) is 35.7 Å². The summed E-state index contributed by atoms with van der Waals surface area (Å²) in [7, 11) is 1.59. The van der Waals surface area contributed by atoms with Crippen LogP contribution >= 0.6 is 0 Å². The number of carbonyl (C=O) groups is 2. The van der Waals surface area contributed by atoms with Gasteiger partial charge in [-0.05, 0) is 68.8 Å². The molecule has 1 unspecified atom stereocenters. The lowest BCUT2D eigenvalue weighted by atomic mass is 9.88. The monoisotopic (exact) mass is 416 g/mol. The van der Waals surface area contributed by atoms with Crippen LogP contribution in [0.25, 0.3) is 0 Å². The van der Waals surface area contributed by atoms with E-state index < -0.39 is 11.6 Å². The van der Waals surface area contributed by atoms with Crippen molar-refractivity contribution in [2.45, 2.75) is 32.4 Å². The van der Waals surface area contributed by atoms with Crippen LogP contribution < -0.4 is 10.1 Å². The Kier molecular flexibility index (Phi) is 7.15. The molecule has 0 radical (unpaired) electrons. The van der Waals surface area contributed by atoms with Crippen LogP contribution in [0.3, 0.4) is 0 Å². The number of rotatable bonds is 7. The third kappa shape index (κ3) is 5.21. The molecule has 0 saturated carbocycles. The minimum absolute atomic E-state index is 0.0984. The fourth-order valence-electron chi connectivity index (χ4n) is 3.74.